The van der Waals surface area contributed by atoms with Crippen LogP contribution >= 0.6 is 0 Å². The quantitative estimate of drug-likeness (QED) is 0.346. The Morgan fingerprint density at radius 1 is 0.968 bits per heavy atom. The third kappa shape index (κ3) is 7.30. The number of nitrogens with one attached hydrogen (secondary N) is 1. The zero-order chi connectivity index (χ0) is 21.9. The molecule has 8 heteroatoms. The van der Waals surface area contributed by atoms with Gasteiger partial charge in [-0.25, -0.2) is 4.98 Å². The summed E-state index contributed by atoms with van der Waals surface area (Å²) < 4.78 is 11.2. The summed E-state index contributed by atoms with van der Waals surface area (Å²) >= 11 is 0. The molecule has 2 heterocycles. The summed E-state index contributed by atoms with van der Waals surface area (Å²) in [6.07, 6.45) is 4.71. The summed E-state index contributed by atoms with van der Waals surface area (Å²) in [7, 11) is 0. The SMILES string of the molecule is OCc1cccnc1Oc1ccc(C[C@@H](CO)NC[C@H](O)COc2cccnc2)cc1. The van der Waals surface area contributed by atoms with E-state index in [9.17, 15) is 15.3 Å². The molecule has 31 heavy (non-hydrogen) atoms. The van der Waals surface area contributed by atoms with Crippen molar-refractivity contribution in [1.29, 1.82) is 0 Å². The van der Waals surface area contributed by atoms with E-state index in [1.165, 1.54) is 0 Å². The highest BCUT2D eigenvalue weighted by atomic mass is 16.5. The van der Waals surface area contributed by atoms with Gasteiger partial charge in [-0.15, -0.1) is 0 Å². The second-order valence-corrected chi connectivity index (χ2v) is 7.02. The molecular formula is C23H27N3O5. The van der Waals surface area contributed by atoms with E-state index >= 15 is 0 Å². The number of benzene rings is 1. The summed E-state index contributed by atoms with van der Waals surface area (Å²) in [6, 6.07) is 14.3. The van der Waals surface area contributed by atoms with Crippen LogP contribution in [0.5, 0.6) is 17.4 Å². The fourth-order valence-corrected chi connectivity index (χ4v) is 2.91. The van der Waals surface area contributed by atoms with Crippen LogP contribution in [0.2, 0.25) is 0 Å². The van der Waals surface area contributed by atoms with Gasteiger partial charge in [-0.3, -0.25) is 4.98 Å². The number of pyridine rings is 2. The number of nitrogens with zero attached hydrogens (tertiary/aromatic N) is 2. The van der Waals surface area contributed by atoms with Gasteiger partial charge in [0.05, 0.1) is 19.4 Å². The van der Waals surface area contributed by atoms with Crippen molar-refractivity contribution in [1.82, 2.24) is 15.3 Å². The molecule has 0 aliphatic rings. The summed E-state index contributed by atoms with van der Waals surface area (Å²) in [4.78, 5) is 8.10. The van der Waals surface area contributed by atoms with Crippen LogP contribution in [0.4, 0.5) is 0 Å². The molecule has 0 saturated heterocycles. The largest absolute Gasteiger partial charge is 0.489 e. The molecule has 8 nitrogen and oxygen atoms in total. The highest BCUT2D eigenvalue weighted by molar-refractivity contribution is 5.34. The van der Waals surface area contributed by atoms with Gasteiger partial charge in [0.1, 0.15) is 24.2 Å². The van der Waals surface area contributed by atoms with Crippen molar-refractivity contribution < 1.29 is 24.8 Å². The molecule has 0 amide bonds. The molecule has 2 aromatic heterocycles. The van der Waals surface area contributed by atoms with E-state index in [1.807, 2.05) is 24.3 Å². The molecule has 2 atom stereocenters. The Hall–Kier alpha value is -3.04. The van der Waals surface area contributed by atoms with Gasteiger partial charge in [-0.2, -0.15) is 0 Å². The van der Waals surface area contributed by atoms with E-state index in [-0.39, 0.29) is 32.4 Å². The lowest BCUT2D eigenvalue weighted by Gasteiger charge is -2.19. The average Bonchev–Trinajstić information content (AvgIpc) is 2.82. The minimum absolute atomic E-state index is 0.0672. The minimum Gasteiger partial charge on any atom is -0.489 e. The maximum absolute atomic E-state index is 10.1. The molecule has 0 saturated carbocycles. The van der Waals surface area contributed by atoms with Crippen LogP contribution in [0.25, 0.3) is 0 Å². The Balaban J connectivity index is 1.46. The highest BCUT2D eigenvalue weighted by Gasteiger charge is 2.12. The third-order valence-electron chi connectivity index (χ3n) is 4.58. The predicted octanol–water partition coefficient (Wildman–Crippen LogP) is 1.69. The average molecular weight is 425 g/mol. The molecule has 3 rings (SSSR count). The van der Waals surface area contributed by atoms with E-state index in [0.717, 1.165) is 5.56 Å². The van der Waals surface area contributed by atoms with Crippen molar-refractivity contribution >= 4 is 0 Å². The van der Waals surface area contributed by atoms with Crippen LogP contribution in [-0.2, 0) is 13.0 Å². The van der Waals surface area contributed by atoms with Gasteiger partial charge in [-0.05, 0) is 48.4 Å². The summed E-state index contributed by atoms with van der Waals surface area (Å²) in [5.74, 6) is 1.57. The Kier molecular flexibility index (Phi) is 8.74. The number of ether oxygens (including phenoxy) is 2. The van der Waals surface area contributed by atoms with Gasteiger partial charge in [0.25, 0.3) is 0 Å². The van der Waals surface area contributed by atoms with E-state index < -0.39 is 6.10 Å². The second kappa shape index (κ2) is 12.0. The Morgan fingerprint density at radius 2 is 1.77 bits per heavy atom. The molecule has 0 fully saturated rings. The van der Waals surface area contributed by atoms with E-state index in [4.69, 9.17) is 9.47 Å². The van der Waals surface area contributed by atoms with Gasteiger partial charge in [0, 0.05) is 30.5 Å². The normalized spacial score (nSPS) is 12.9. The topological polar surface area (TPSA) is 117 Å². The van der Waals surface area contributed by atoms with Crippen LogP contribution in [0.15, 0.2) is 67.1 Å². The van der Waals surface area contributed by atoms with Crippen LogP contribution in [0, 0.1) is 0 Å². The first-order valence-corrected chi connectivity index (χ1v) is 10.0. The molecule has 0 aliphatic heterocycles. The molecule has 0 unspecified atom stereocenters. The predicted molar refractivity (Wildman–Crippen MR) is 115 cm³/mol. The van der Waals surface area contributed by atoms with Crippen molar-refractivity contribution in [3.63, 3.8) is 0 Å². The molecule has 3 aromatic rings. The van der Waals surface area contributed by atoms with Gasteiger partial charge in [-0.1, -0.05) is 12.1 Å². The Labute approximate surface area is 181 Å². The number of hydrogen-bond acceptors (Lipinski definition) is 8. The summed E-state index contributed by atoms with van der Waals surface area (Å²) in [5.41, 5.74) is 1.62. The molecule has 0 bridgehead atoms. The lowest BCUT2D eigenvalue weighted by Crippen LogP contribution is -2.41. The minimum atomic E-state index is -0.718. The smallest absolute Gasteiger partial charge is 0.224 e. The van der Waals surface area contributed by atoms with Crippen LogP contribution in [-0.4, -0.2) is 57.2 Å². The summed E-state index contributed by atoms with van der Waals surface area (Å²) in [6.45, 7) is 0.203. The van der Waals surface area contributed by atoms with Gasteiger partial charge in [0.15, 0.2) is 0 Å². The first-order valence-electron chi connectivity index (χ1n) is 10.0. The number of aromatic nitrogens is 2. The number of aliphatic hydroxyl groups excluding tert-OH is 3. The van der Waals surface area contributed by atoms with Crippen LogP contribution in [0.1, 0.15) is 11.1 Å². The standard InChI is InChI=1S/C23H27N3O5/c27-14-18-3-1-10-25-23(18)31-21-7-5-17(6-8-21)11-19(15-28)26-12-20(29)16-30-22-4-2-9-24-13-22/h1-10,13,19-20,26-29H,11-12,14-16H2/t19-,20-/m0/s1. The van der Waals surface area contributed by atoms with E-state index in [0.29, 0.717) is 29.4 Å². The Bertz CT molecular complexity index is 909. The van der Waals surface area contributed by atoms with Crippen LogP contribution in [0.3, 0.4) is 0 Å². The fourth-order valence-electron chi connectivity index (χ4n) is 2.91. The number of aliphatic hydroxyl groups is 3. The van der Waals surface area contributed by atoms with Gasteiger partial charge in [0.2, 0.25) is 5.88 Å². The molecule has 1 aromatic carbocycles. The van der Waals surface area contributed by atoms with Gasteiger partial charge < -0.3 is 30.1 Å². The first-order chi connectivity index (χ1) is 15.2. The lowest BCUT2D eigenvalue weighted by atomic mass is 10.1. The van der Waals surface area contributed by atoms with Crippen molar-refractivity contribution in [3.8, 4) is 17.4 Å². The third-order valence-corrected chi connectivity index (χ3v) is 4.58. The Morgan fingerprint density at radius 3 is 2.48 bits per heavy atom. The summed E-state index contributed by atoms with van der Waals surface area (Å²) in [5, 5.41) is 32.3. The zero-order valence-corrected chi connectivity index (χ0v) is 17.1. The maximum Gasteiger partial charge on any atom is 0.224 e. The van der Waals surface area contributed by atoms with Crippen molar-refractivity contribution in [2.24, 2.45) is 0 Å². The van der Waals surface area contributed by atoms with Crippen molar-refractivity contribution in [2.75, 3.05) is 19.8 Å². The molecule has 0 aliphatic carbocycles. The van der Waals surface area contributed by atoms with E-state index in [1.54, 1.807) is 42.9 Å². The molecule has 0 spiro atoms. The van der Waals surface area contributed by atoms with Crippen LogP contribution < -0.4 is 14.8 Å². The highest BCUT2D eigenvalue weighted by Crippen LogP contribution is 2.23. The molecule has 4 N–H and O–H groups in total. The molecular weight excluding hydrogens is 398 g/mol. The van der Waals surface area contributed by atoms with Crippen molar-refractivity contribution in [2.45, 2.75) is 25.2 Å². The zero-order valence-electron chi connectivity index (χ0n) is 17.1. The first kappa shape index (κ1) is 22.6. The lowest BCUT2D eigenvalue weighted by molar-refractivity contribution is 0.0995. The van der Waals surface area contributed by atoms with Gasteiger partial charge >= 0.3 is 0 Å². The molecule has 164 valence electrons. The number of hydrogen-bond donors (Lipinski definition) is 4. The fraction of sp³-hybridized carbons (Fsp3) is 0.304. The monoisotopic (exact) mass is 425 g/mol. The van der Waals surface area contributed by atoms with Crippen molar-refractivity contribution in [3.05, 3.63) is 78.2 Å². The second-order valence-electron chi connectivity index (χ2n) is 7.02. The maximum atomic E-state index is 10.1. The van der Waals surface area contributed by atoms with E-state index in [2.05, 4.69) is 15.3 Å². The number of rotatable bonds is 12. The molecule has 0 radical (unpaired) electrons.